The van der Waals surface area contributed by atoms with E-state index < -0.39 is 12.1 Å². The third-order valence-corrected chi connectivity index (χ3v) is 6.03. The molecule has 3 aromatic rings. The van der Waals surface area contributed by atoms with Gasteiger partial charge in [0.05, 0.1) is 13.2 Å². The number of urea groups is 1. The zero-order valence-corrected chi connectivity index (χ0v) is 20.9. The number of nitrogens with zero attached hydrogens (tertiary/aromatic N) is 1. The van der Waals surface area contributed by atoms with Crippen molar-refractivity contribution in [2.45, 2.75) is 18.9 Å². The number of benzene rings is 3. The highest BCUT2D eigenvalue weighted by Gasteiger charge is 2.21. The van der Waals surface area contributed by atoms with Gasteiger partial charge in [-0.05, 0) is 42.8 Å². The Labute approximate surface area is 218 Å². The van der Waals surface area contributed by atoms with Gasteiger partial charge in [-0.1, -0.05) is 54.6 Å². The van der Waals surface area contributed by atoms with E-state index in [0.717, 1.165) is 44.8 Å². The van der Waals surface area contributed by atoms with Crippen LogP contribution in [0.1, 0.15) is 12.0 Å². The first-order valence-electron chi connectivity index (χ1n) is 12.7. The lowest BCUT2D eigenvalue weighted by molar-refractivity contribution is -0.122. The Morgan fingerprint density at radius 3 is 2.35 bits per heavy atom. The van der Waals surface area contributed by atoms with E-state index in [1.165, 1.54) is 0 Å². The topological polar surface area (TPSA) is 91.9 Å². The van der Waals surface area contributed by atoms with Crippen LogP contribution in [0.15, 0.2) is 84.9 Å². The first-order valence-corrected chi connectivity index (χ1v) is 12.7. The van der Waals surface area contributed by atoms with E-state index in [0.29, 0.717) is 30.2 Å². The Bertz CT molecular complexity index is 1120. The van der Waals surface area contributed by atoms with Crippen LogP contribution in [0.3, 0.4) is 0 Å². The van der Waals surface area contributed by atoms with Crippen molar-refractivity contribution in [2.24, 2.45) is 0 Å². The molecule has 1 saturated heterocycles. The molecular formula is C29H34N4O4. The van der Waals surface area contributed by atoms with E-state index in [1.807, 2.05) is 66.7 Å². The summed E-state index contributed by atoms with van der Waals surface area (Å²) in [6, 6.07) is 25.1. The van der Waals surface area contributed by atoms with Crippen molar-refractivity contribution in [3.63, 3.8) is 0 Å². The molecular weight excluding hydrogens is 468 g/mol. The van der Waals surface area contributed by atoms with Crippen molar-refractivity contribution < 1.29 is 19.1 Å². The molecule has 3 N–H and O–H groups in total. The van der Waals surface area contributed by atoms with Crippen molar-refractivity contribution in [1.82, 2.24) is 15.5 Å². The summed E-state index contributed by atoms with van der Waals surface area (Å²) in [5, 5.41) is 8.65. The van der Waals surface area contributed by atoms with Gasteiger partial charge in [0, 0.05) is 37.8 Å². The fourth-order valence-corrected chi connectivity index (χ4v) is 4.11. The van der Waals surface area contributed by atoms with E-state index in [-0.39, 0.29) is 5.91 Å². The molecule has 4 rings (SSSR count). The fraction of sp³-hybridized carbons (Fsp3) is 0.310. The van der Waals surface area contributed by atoms with E-state index in [1.54, 1.807) is 18.2 Å². The molecule has 0 bridgehead atoms. The lowest BCUT2D eigenvalue weighted by atomic mass is 10.1. The van der Waals surface area contributed by atoms with Crippen LogP contribution in [0.25, 0.3) is 0 Å². The number of ether oxygens (including phenoxy) is 2. The minimum atomic E-state index is -0.713. The number of rotatable bonds is 11. The van der Waals surface area contributed by atoms with E-state index >= 15 is 0 Å². The number of carbonyl (C=O) groups excluding carboxylic acids is 2. The Balaban J connectivity index is 1.32. The van der Waals surface area contributed by atoms with Crippen LogP contribution in [0.5, 0.6) is 11.5 Å². The van der Waals surface area contributed by atoms with Gasteiger partial charge in [0.2, 0.25) is 5.91 Å². The second-order valence-corrected chi connectivity index (χ2v) is 8.88. The monoisotopic (exact) mass is 502 g/mol. The molecule has 1 aliphatic heterocycles. The van der Waals surface area contributed by atoms with Crippen LogP contribution >= 0.6 is 0 Å². The Hall–Kier alpha value is -3.88. The van der Waals surface area contributed by atoms with Gasteiger partial charge in [-0.15, -0.1) is 0 Å². The molecule has 1 aliphatic rings. The predicted octanol–water partition coefficient (Wildman–Crippen LogP) is 4.05. The van der Waals surface area contributed by atoms with Crippen LogP contribution in [-0.2, 0) is 16.0 Å². The molecule has 0 radical (unpaired) electrons. The average molecular weight is 503 g/mol. The number of hydrogen-bond acceptors (Lipinski definition) is 5. The molecule has 194 valence electrons. The molecule has 0 aromatic heterocycles. The number of nitrogens with one attached hydrogen (secondary N) is 3. The minimum Gasteiger partial charge on any atom is -0.457 e. The molecule has 1 fully saturated rings. The van der Waals surface area contributed by atoms with Gasteiger partial charge in [-0.3, -0.25) is 9.69 Å². The number of morpholine rings is 1. The van der Waals surface area contributed by atoms with Crippen LogP contribution in [0, 0.1) is 0 Å². The van der Waals surface area contributed by atoms with Crippen molar-refractivity contribution in [1.29, 1.82) is 0 Å². The first kappa shape index (κ1) is 26.2. The Kier molecular flexibility index (Phi) is 9.92. The SMILES string of the molecule is O=C(Nc1cccc(Oc2ccccc2)c1)N[C@@H](Cc1ccccc1)C(=O)NCCCN1CCOCC1. The molecule has 8 heteroatoms. The summed E-state index contributed by atoms with van der Waals surface area (Å²) in [6.45, 7) is 4.80. The lowest BCUT2D eigenvalue weighted by Gasteiger charge is -2.26. The average Bonchev–Trinajstić information content (AvgIpc) is 2.92. The van der Waals surface area contributed by atoms with Crippen molar-refractivity contribution in [2.75, 3.05) is 44.7 Å². The summed E-state index contributed by atoms with van der Waals surface area (Å²) >= 11 is 0. The highest BCUT2D eigenvalue weighted by Crippen LogP contribution is 2.23. The van der Waals surface area contributed by atoms with Crippen molar-refractivity contribution in [3.8, 4) is 11.5 Å². The number of para-hydroxylation sites is 1. The summed E-state index contributed by atoms with van der Waals surface area (Å²) in [7, 11) is 0. The second-order valence-electron chi connectivity index (χ2n) is 8.88. The summed E-state index contributed by atoms with van der Waals surface area (Å²) in [6.07, 6.45) is 1.23. The third-order valence-electron chi connectivity index (χ3n) is 6.03. The first-order chi connectivity index (χ1) is 18.2. The maximum Gasteiger partial charge on any atom is 0.319 e. The number of amides is 3. The van der Waals surface area contributed by atoms with Gasteiger partial charge in [0.1, 0.15) is 17.5 Å². The number of carbonyl (C=O) groups is 2. The van der Waals surface area contributed by atoms with E-state index in [2.05, 4.69) is 20.9 Å². The third kappa shape index (κ3) is 8.93. The molecule has 0 spiro atoms. The van der Waals surface area contributed by atoms with Gasteiger partial charge in [0.15, 0.2) is 0 Å². The largest absolute Gasteiger partial charge is 0.457 e. The summed E-state index contributed by atoms with van der Waals surface area (Å²) < 4.78 is 11.2. The quantitative estimate of drug-likeness (QED) is 0.344. The highest BCUT2D eigenvalue weighted by atomic mass is 16.5. The van der Waals surface area contributed by atoms with Crippen molar-refractivity contribution >= 4 is 17.6 Å². The molecule has 0 unspecified atom stereocenters. The lowest BCUT2D eigenvalue weighted by Crippen LogP contribution is -2.49. The van der Waals surface area contributed by atoms with Crippen LogP contribution in [0.2, 0.25) is 0 Å². The van der Waals surface area contributed by atoms with Crippen molar-refractivity contribution in [3.05, 3.63) is 90.5 Å². The molecule has 3 aromatic carbocycles. The number of anilines is 1. The standard InChI is InChI=1S/C29H34N4O4/c34-28(30-15-8-16-33-17-19-36-20-18-33)27(21-23-9-3-1-4-10-23)32-29(35)31-24-11-7-14-26(22-24)37-25-12-5-2-6-13-25/h1-7,9-14,22,27H,8,15-21H2,(H,30,34)(H2,31,32,35)/t27-/m0/s1. The Morgan fingerprint density at radius 2 is 1.59 bits per heavy atom. The van der Waals surface area contributed by atoms with Gasteiger partial charge >= 0.3 is 6.03 Å². The normalized spacial score (nSPS) is 14.4. The van der Waals surface area contributed by atoms with Crippen LogP contribution < -0.4 is 20.7 Å². The molecule has 1 heterocycles. The van der Waals surface area contributed by atoms with Crippen LogP contribution in [-0.4, -0.2) is 62.3 Å². The van der Waals surface area contributed by atoms with Crippen LogP contribution in [0.4, 0.5) is 10.5 Å². The van der Waals surface area contributed by atoms with Gasteiger partial charge in [-0.2, -0.15) is 0 Å². The number of hydrogen-bond donors (Lipinski definition) is 3. The molecule has 0 saturated carbocycles. The second kappa shape index (κ2) is 14.0. The predicted molar refractivity (Wildman–Crippen MR) is 144 cm³/mol. The highest BCUT2D eigenvalue weighted by molar-refractivity contribution is 5.94. The zero-order valence-electron chi connectivity index (χ0n) is 20.9. The molecule has 8 nitrogen and oxygen atoms in total. The minimum absolute atomic E-state index is 0.206. The Morgan fingerprint density at radius 1 is 0.892 bits per heavy atom. The van der Waals surface area contributed by atoms with E-state index in [4.69, 9.17) is 9.47 Å². The molecule has 0 aliphatic carbocycles. The van der Waals surface area contributed by atoms with Gasteiger partial charge < -0.3 is 25.4 Å². The summed E-state index contributed by atoms with van der Waals surface area (Å²) in [5.41, 5.74) is 1.53. The van der Waals surface area contributed by atoms with Gasteiger partial charge in [-0.25, -0.2) is 4.79 Å². The fourth-order valence-electron chi connectivity index (χ4n) is 4.11. The summed E-state index contributed by atoms with van der Waals surface area (Å²) in [4.78, 5) is 28.2. The smallest absolute Gasteiger partial charge is 0.319 e. The van der Waals surface area contributed by atoms with Gasteiger partial charge in [0.25, 0.3) is 0 Å². The zero-order chi connectivity index (χ0) is 25.7. The summed E-state index contributed by atoms with van der Waals surface area (Å²) in [5.74, 6) is 1.10. The van der Waals surface area contributed by atoms with E-state index in [9.17, 15) is 9.59 Å². The maximum absolute atomic E-state index is 13.0. The maximum atomic E-state index is 13.0. The molecule has 37 heavy (non-hydrogen) atoms. The molecule has 3 amide bonds. The molecule has 1 atom stereocenters.